The summed E-state index contributed by atoms with van der Waals surface area (Å²) in [6.45, 7) is 8.59. The highest BCUT2D eigenvalue weighted by Crippen LogP contribution is 2.44. The van der Waals surface area contributed by atoms with Gasteiger partial charge in [-0.3, -0.25) is 0 Å². The molecule has 0 saturated carbocycles. The number of carbonyl (C=O) groups is 1. The summed E-state index contributed by atoms with van der Waals surface area (Å²) >= 11 is 0. The van der Waals surface area contributed by atoms with Crippen LogP contribution >= 0.6 is 0 Å². The first-order valence-corrected chi connectivity index (χ1v) is 12.6. The molecule has 1 heterocycles. The molecular weight excluding hydrogens is 480 g/mol. The van der Waals surface area contributed by atoms with E-state index in [1.165, 1.54) is 0 Å². The number of hydrogen-bond donors (Lipinski definition) is 1. The van der Waals surface area contributed by atoms with Crippen molar-refractivity contribution in [3.8, 4) is 29.1 Å². The smallest absolute Gasteiger partial charge is 0.349 e. The van der Waals surface area contributed by atoms with Crippen molar-refractivity contribution in [3.63, 3.8) is 0 Å². The number of nitrogens with zero attached hydrogens (tertiary/aromatic N) is 1. The minimum atomic E-state index is -0.552. The lowest BCUT2D eigenvalue weighted by molar-refractivity contribution is -0.136. The van der Waals surface area contributed by atoms with E-state index in [1.54, 1.807) is 18.2 Å². The molecule has 0 saturated heterocycles. The van der Waals surface area contributed by atoms with E-state index in [-0.39, 0.29) is 18.2 Å². The molecule has 0 fully saturated rings. The maximum Gasteiger partial charge on any atom is 0.349 e. The lowest BCUT2D eigenvalue weighted by Gasteiger charge is -2.27. The van der Waals surface area contributed by atoms with Crippen LogP contribution in [0.3, 0.4) is 0 Å². The standard InChI is InChI=1S/C31H32N2O5/c1-19(2)10-11-35-23-7-5-6-22(15-23)30-26-9-8-24(16-28(26)38-31(33)27(30)17-32)37-29(34)18-36-25-13-20(3)12-21(4)14-25/h5-9,12-16,19,30H,10-11,18,33H2,1-4H3. The van der Waals surface area contributed by atoms with Crippen molar-refractivity contribution in [3.05, 3.63) is 94.4 Å². The molecule has 2 N–H and O–H groups in total. The predicted molar refractivity (Wildman–Crippen MR) is 144 cm³/mol. The molecule has 0 bridgehead atoms. The van der Waals surface area contributed by atoms with Gasteiger partial charge in [0.2, 0.25) is 5.88 Å². The van der Waals surface area contributed by atoms with E-state index >= 15 is 0 Å². The maximum absolute atomic E-state index is 12.5. The topological polar surface area (TPSA) is 104 Å². The average molecular weight is 513 g/mol. The summed E-state index contributed by atoms with van der Waals surface area (Å²) in [5, 5.41) is 9.87. The number of esters is 1. The van der Waals surface area contributed by atoms with Gasteiger partial charge in [0.15, 0.2) is 6.61 Å². The Bertz CT molecular complexity index is 1380. The van der Waals surface area contributed by atoms with Crippen molar-refractivity contribution < 1.29 is 23.7 Å². The average Bonchev–Trinajstić information content (AvgIpc) is 2.86. The van der Waals surface area contributed by atoms with Gasteiger partial charge in [-0.25, -0.2) is 4.79 Å². The molecule has 0 aromatic heterocycles. The molecule has 0 spiro atoms. The number of fused-ring (bicyclic) bond motifs is 1. The number of benzene rings is 3. The number of nitrogens with two attached hydrogens (primary N) is 1. The highest BCUT2D eigenvalue weighted by molar-refractivity contribution is 5.74. The van der Waals surface area contributed by atoms with E-state index in [0.717, 1.165) is 34.4 Å². The van der Waals surface area contributed by atoms with Gasteiger partial charge in [0.1, 0.15) is 34.6 Å². The van der Waals surface area contributed by atoms with Crippen molar-refractivity contribution in [2.75, 3.05) is 13.2 Å². The Hall–Kier alpha value is -4.44. The zero-order chi connectivity index (χ0) is 27.2. The van der Waals surface area contributed by atoms with Crippen LogP contribution in [0.4, 0.5) is 0 Å². The van der Waals surface area contributed by atoms with E-state index in [4.69, 9.17) is 24.7 Å². The van der Waals surface area contributed by atoms with Crippen LogP contribution in [0.25, 0.3) is 0 Å². The van der Waals surface area contributed by atoms with E-state index in [9.17, 15) is 10.1 Å². The van der Waals surface area contributed by atoms with Crippen LogP contribution in [0.2, 0.25) is 0 Å². The van der Waals surface area contributed by atoms with E-state index in [2.05, 4.69) is 19.9 Å². The first-order valence-electron chi connectivity index (χ1n) is 12.6. The lowest BCUT2D eigenvalue weighted by Crippen LogP contribution is -2.21. The Morgan fingerprint density at radius 3 is 2.47 bits per heavy atom. The minimum Gasteiger partial charge on any atom is -0.494 e. The molecule has 1 aliphatic rings. The van der Waals surface area contributed by atoms with Crippen molar-refractivity contribution in [2.24, 2.45) is 11.7 Å². The molecule has 38 heavy (non-hydrogen) atoms. The summed E-state index contributed by atoms with van der Waals surface area (Å²) in [7, 11) is 0. The molecule has 7 heteroatoms. The first kappa shape index (κ1) is 26.6. The van der Waals surface area contributed by atoms with E-state index in [0.29, 0.717) is 29.6 Å². The number of carbonyl (C=O) groups excluding carboxylic acids is 1. The SMILES string of the molecule is Cc1cc(C)cc(OCC(=O)Oc2ccc3c(c2)OC(N)=C(C#N)C3c2cccc(OCCC(C)C)c2)c1. The van der Waals surface area contributed by atoms with Gasteiger partial charge >= 0.3 is 5.97 Å². The van der Waals surface area contributed by atoms with E-state index in [1.807, 2.05) is 56.3 Å². The number of allylic oxidation sites excluding steroid dienone is 1. The third-order valence-electron chi connectivity index (χ3n) is 6.13. The van der Waals surface area contributed by atoms with Crippen molar-refractivity contribution in [1.82, 2.24) is 0 Å². The van der Waals surface area contributed by atoms with Crippen LogP contribution in [-0.2, 0) is 4.79 Å². The second-order valence-electron chi connectivity index (χ2n) is 9.81. The zero-order valence-electron chi connectivity index (χ0n) is 22.1. The van der Waals surface area contributed by atoms with Gasteiger partial charge < -0.3 is 24.7 Å². The fourth-order valence-electron chi connectivity index (χ4n) is 4.36. The van der Waals surface area contributed by atoms with Crippen LogP contribution in [0.5, 0.6) is 23.0 Å². The highest BCUT2D eigenvalue weighted by atomic mass is 16.6. The molecular formula is C31H32N2O5. The second-order valence-corrected chi connectivity index (χ2v) is 9.81. The molecule has 1 unspecified atom stereocenters. The van der Waals surface area contributed by atoms with Crippen LogP contribution in [-0.4, -0.2) is 19.2 Å². The molecule has 196 valence electrons. The molecule has 3 aromatic rings. The third kappa shape index (κ3) is 6.46. The van der Waals surface area contributed by atoms with Gasteiger partial charge in [-0.05, 0) is 73.2 Å². The molecule has 4 rings (SSSR count). The summed E-state index contributed by atoms with van der Waals surface area (Å²) in [4.78, 5) is 12.5. The summed E-state index contributed by atoms with van der Waals surface area (Å²) in [6, 6.07) is 20.6. The summed E-state index contributed by atoms with van der Waals surface area (Å²) in [5.74, 6) is 1.58. The Labute approximate surface area is 223 Å². The van der Waals surface area contributed by atoms with Crippen LogP contribution in [0, 0.1) is 31.1 Å². The van der Waals surface area contributed by atoms with Gasteiger partial charge in [0, 0.05) is 11.6 Å². The molecule has 0 amide bonds. The number of aryl methyl sites for hydroxylation is 2. The largest absolute Gasteiger partial charge is 0.494 e. The molecule has 3 aromatic carbocycles. The van der Waals surface area contributed by atoms with Gasteiger partial charge in [-0.15, -0.1) is 0 Å². The van der Waals surface area contributed by atoms with Crippen LogP contribution in [0.15, 0.2) is 72.1 Å². The summed E-state index contributed by atoms with van der Waals surface area (Å²) in [5.41, 5.74) is 10.1. The maximum atomic E-state index is 12.5. The van der Waals surface area contributed by atoms with Crippen molar-refractivity contribution >= 4 is 5.97 Å². The number of hydrogen-bond acceptors (Lipinski definition) is 7. The monoisotopic (exact) mass is 512 g/mol. The number of ether oxygens (including phenoxy) is 4. The van der Waals surface area contributed by atoms with Crippen molar-refractivity contribution in [2.45, 2.75) is 40.0 Å². The quantitative estimate of drug-likeness (QED) is 0.280. The van der Waals surface area contributed by atoms with Gasteiger partial charge in [-0.1, -0.05) is 38.1 Å². The van der Waals surface area contributed by atoms with Crippen molar-refractivity contribution in [1.29, 1.82) is 5.26 Å². The molecule has 7 nitrogen and oxygen atoms in total. The van der Waals surface area contributed by atoms with Gasteiger partial charge in [0.05, 0.1) is 12.5 Å². The summed E-state index contributed by atoms with van der Waals surface area (Å²) in [6.07, 6.45) is 0.942. The minimum absolute atomic E-state index is 0.0118. The van der Waals surface area contributed by atoms with Crippen LogP contribution < -0.4 is 24.7 Å². The number of nitriles is 1. The fraction of sp³-hybridized carbons (Fsp3) is 0.290. The lowest BCUT2D eigenvalue weighted by atomic mass is 9.83. The Morgan fingerprint density at radius 2 is 1.76 bits per heavy atom. The first-order chi connectivity index (χ1) is 18.2. The molecule has 0 radical (unpaired) electrons. The Morgan fingerprint density at radius 1 is 1.00 bits per heavy atom. The predicted octanol–water partition coefficient (Wildman–Crippen LogP) is 5.93. The second kappa shape index (κ2) is 11.7. The molecule has 1 aliphatic heterocycles. The molecule has 1 atom stereocenters. The highest BCUT2D eigenvalue weighted by Gasteiger charge is 2.31. The molecule has 0 aliphatic carbocycles. The number of rotatable bonds is 9. The van der Waals surface area contributed by atoms with Gasteiger partial charge in [0.25, 0.3) is 0 Å². The van der Waals surface area contributed by atoms with Gasteiger partial charge in [-0.2, -0.15) is 5.26 Å². The third-order valence-corrected chi connectivity index (χ3v) is 6.13. The Kier molecular flexibility index (Phi) is 8.22. The fourth-order valence-corrected chi connectivity index (χ4v) is 4.36. The Balaban J connectivity index is 1.52. The summed E-state index contributed by atoms with van der Waals surface area (Å²) < 4.78 is 22.8. The zero-order valence-corrected chi connectivity index (χ0v) is 22.1. The van der Waals surface area contributed by atoms with Crippen LogP contribution in [0.1, 0.15) is 48.4 Å². The van der Waals surface area contributed by atoms with E-state index < -0.39 is 11.9 Å². The normalized spacial score (nSPS) is 14.4.